The van der Waals surface area contributed by atoms with Crippen molar-refractivity contribution in [3.63, 3.8) is 0 Å². The van der Waals surface area contributed by atoms with E-state index in [2.05, 4.69) is 5.32 Å². The van der Waals surface area contributed by atoms with E-state index < -0.39 is 5.97 Å². The van der Waals surface area contributed by atoms with Gasteiger partial charge in [0.2, 0.25) is 5.91 Å². The van der Waals surface area contributed by atoms with Gasteiger partial charge >= 0.3 is 5.97 Å². The number of ether oxygens (including phenoxy) is 1. The third-order valence-corrected chi connectivity index (χ3v) is 3.96. The Balaban J connectivity index is 1.72. The molecule has 0 fully saturated rings. The maximum atomic E-state index is 12.3. The van der Waals surface area contributed by atoms with E-state index in [1.807, 2.05) is 48.5 Å². The first-order chi connectivity index (χ1) is 13.1. The molecule has 5 heteroatoms. The molecule has 136 valence electrons. The van der Waals surface area contributed by atoms with Crippen molar-refractivity contribution in [2.24, 2.45) is 0 Å². The van der Waals surface area contributed by atoms with Crippen LogP contribution in [0.2, 0.25) is 0 Å². The second kappa shape index (κ2) is 8.67. The number of anilines is 1. The maximum Gasteiger partial charge on any atom is 0.337 e. The summed E-state index contributed by atoms with van der Waals surface area (Å²) in [5, 5.41) is 12.1. The largest absolute Gasteiger partial charge is 0.478 e. The minimum Gasteiger partial charge on any atom is -0.478 e. The van der Waals surface area contributed by atoms with Gasteiger partial charge in [-0.15, -0.1) is 0 Å². The fraction of sp³-hybridized carbons (Fsp3) is 0.0909. The van der Waals surface area contributed by atoms with Crippen LogP contribution in [0.1, 0.15) is 22.3 Å². The average Bonchev–Trinajstić information content (AvgIpc) is 2.68. The van der Waals surface area contributed by atoms with Crippen LogP contribution in [0.15, 0.2) is 78.9 Å². The molecule has 0 aliphatic rings. The van der Waals surface area contributed by atoms with Crippen LogP contribution in [0, 0.1) is 0 Å². The molecule has 0 heterocycles. The van der Waals surface area contributed by atoms with Crippen molar-refractivity contribution in [2.75, 3.05) is 5.32 Å². The Kier molecular flexibility index (Phi) is 5.84. The molecule has 0 unspecified atom stereocenters. The molecule has 0 aliphatic carbocycles. The van der Waals surface area contributed by atoms with Gasteiger partial charge in [-0.3, -0.25) is 4.79 Å². The van der Waals surface area contributed by atoms with Gasteiger partial charge in [-0.1, -0.05) is 48.5 Å². The number of carbonyl (C=O) groups is 2. The smallest absolute Gasteiger partial charge is 0.337 e. The van der Waals surface area contributed by atoms with E-state index in [1.165, 1.54) is 12.1 Å². The summed E-state index contributed by atoms with van der Waals surface area (Å²) < 4.78 is 5.72. The van der Waals surface area contributed by atoms with Crippen LogP contribution >= 0.6 is 0 Å². The van der Waals surface area contributed by atoms with Gasteiger partial charge in [0, 0.05) is 12.5 Å². The molecule has 0 radical (unpaired) electrons. The number of para-hydroxylation sites is 1. The number of amides is 1. The summed E-state index contributed by atoms with van der Waals surface area (Å²) in [4.78, 5) is 23.7. The van der Waals surface area contributed by atoms with Crippen LogP contribution in [0.25, 0.3) is 0 Å². The first-order valence-electron chi connectivity index (χ1n) is 8.56. The molecule has 5 nitrogen and oxygen atoms in total. The third kappa shape index (κ3) is 5.19. The highest BCUT2D eigenvalue weighted by atomic mass is 16.5. The zero-order valence-electron chi connectivity index (χ0n) is 14.6. The molecule has 0 atom stereocenters. The molecule has 0 aromatic heterocycles. The Bertz CT molecular complexity index is 924. The van der Waals surface area contributed by atoms with Gasteiger partial charge < -0.3 is 15.2 Å². The molecule has 27 heavy (non-hydrogen) atoms. The molecular weight excluding hydrogens is 342 g/mol. The minimum atomic E-state index is -1.11. The minimum absolute atomic E-state index is 0.0171. The molecule has 3 aromatic carbocycles. The zero-order chi connectivity index (χ0) is 19.1. The van der Waals surface area contributed by atoms with E-state index in [9.17, 15) is 14.7 Å². The Morgan fingerprint density at radius 2 is 1.52 bits per heavy atom. The topological polar surface area (TPSA) is 75.6 Å². The number of hydrogen-bond donors (Lipinski definition) is 2. The molecule has 0 saturated heterocycles. The average molecular weight is 361 g/mol. The van der Waals surface area contributed by atoms with Crippen molar-refractivity contribution in [1.29, 1.82) is 0 Å². The first-order valence-corrected chi connectivity index (χ1v) is 8.56. The van der Waals surface area contributed by atoms with Gasteiger partial charge in [0.05, 0.1) is 11.3 Å². The number of carbonyl (C=O) groups excluding carboxylic acids is 1. The van der Waals surface area contributed by atoms with Gasteiger partial charge in [-0.25, -0.2) is 4.79 Å². The summed E-state index contributed by atoms with van der Waals surface area (Å²) in [6, 6.07) is 23.3. The molecule has 1 amide bonds. The van der Waals surface area contributed by atoms with Crippen molar-refractivity contribution in [3.8, 4) is 11.5 Å². The van der Waals surface area contributed by atoms with Crippen LogP contribution < -0.4 is 10.1 Å². The molecule has 0 spiro atoms. The number of hydrogen-bond acceptors (Lipinski definition) is 3. The fourth-order valence-electron chi connectivity index (χ4n) is 2.62. The number of carboxylic acid groups (broad SMARTS) is 1. The lowest BCUT2D eigenvalue weighted by molar-refractivity contribution is -0.116. The van der Waals surface area contributed by atoms with Crippen LogP contribution in [0.3, 0.4) is 0 Å². The Labute approximate surface area is 157 Å². The number of benzene rings is 3. The number of aromatic carboxylic acids is 1. The molecule has 0 aliphatic heterocycles. The summed E-state index contributed by atoms with van der Waals surface area (Å²) >= 11 is 0. The SMILES string of the molecule is O=C(CCc1ccccc1)Nc1cc(Oc2ccccc2)ccc1C(=O)O. The molecule has 3 aromatic rings. The number of rotatable bonds is 7. The molecule has 2 N–H and O–H groups in total. The van der Waals surface area contributed by atoms with Gasteiger partial charge in [-0.05, 0) is 36.2 Å². The highest BCUT2D eigenvalue weighted by Gasteiger charge is 2.14. The van der Waals surface area contributed by atoms with Crippen molar-refractivity contribution < 1.29 is 19.4 Å². The lowest BCUT2D eigenvalue weighted by atomic mass is 10.1. The summed E-state index contributed by atoms with van der Waals surface area (Å²) in [7, 11) is 0. The van der Waals surface area contributed by atoms with E-state index in [4.69, 9.17) is 4.74 Å². The molecular formula is C22H19NO4. The van der Waals surface area contributed by atoms with Crippen molar-refractivity contribution in [3.05, 3.63) is 90.0 Å². The van der Waals surface area contributed by atoms with Crippen LogP contribution in [-0.4, -0.2) is 17.0 Å². The third-order valence-electron chi connectivity index (χ3n) is 3.96. The van der Waals surface area contributed by atoms with Crippen LogP contribution in [0.4, 0.5) is 5.69 Å². The van der Waals surface area contributed by atoms with Crippen LogP contribution in [-0.2, 0) is 11.2 Å². The number of aryl methyl sites for hydroxylation is 1. The van der Waals surface area contributed by atoms with Crippen molar-refractivity contribution in [1.82, 2.24) is 0 Å². The van der Waals surface area contributed by atoms with Gasteiger partial charge in [-0.2, -0.15) is 0 Å². The van der Waals surface area contributed by atoms with Crippen LogP contribution in [0.5, 0.6) is 11.5 Å². The quantitative estimate of drug-likeness (QED) is 0.637. The lowest BCUT2D eigenvalue weighted by Crippen LogP contribution is -2.15. The summed E-state index contributed by atoms with van der Waals surface area (Å²) in [6.07, 6.45) is 0.835. The highest BCUT2D eigenvalue weighted by Crippen LogP contribution is 2.27. The number of nitrogens with one attached hydrogen (secondary N) is 1. The molecule has 3 rings (SSSR count). The Morgan fingerprint density at radius 3 is 2.19 bits per heavy atom. The zero-order valence-corrected chi connectivity index (χ0v) is 14.6. The lowest BCUT2D eigenvalue weighted by Gasteiger charge is -2.12. The molecule has 0 bridgehead atoms. The van der Waals surface area contributed by atoms with E-state index in [1.54, 1.807) is 18.2 Å². The number of carboxylic acids is 1. The normalized spacial score (nSPS) is 10.2. The second-order valence-electron chi connectivity index (χ2n) is 5.96. The van der Waals surface area contributed by atoms with E-state index in [-0.39, 0.29) is 23.6 Å². The van der Waals surface area contributed by atoms with E-state index in [0.717, 1.165) is 5.56 Å². The standard InChI is InChI=1S/C22H19NO4/c24-21(14-11-16-7-3-1-4-8-16)23-20-15-18(12-13-19(20)22(25)26)27-17-9-5-2-6-10-17/h1-10,12-13,15H,11,14H2,(H,23,24)(H,25,26). The van der Waals surface area contributed by atoms with Crippen molar-refractivity contribution in [2.45, 2.75) is 12.8 Å². The van der Waals surface area contributed by atoms with E-state index >= 15 is 0 Å². The Hall–Kier alpha value is -3.60. The maximum absolute atomic E-state index is 12.3. The highest BCUT2D eigenvalue weighted by molar-refractivity contribution is 6.00. The summed E-state index contributed by atoms with van der Waals surface area (Å²) in [5.74, 6) is -0.288. The summed E-state index contributed by atoms with van der Waals surface area (Å²) in [6.45, 7) is 0. The monoisotopic (exact) mass is 361 g/mol. The predicted octanol–water partition coefficient (Wildman–Crippen LogP) is 4.75. The van der Waals surface area contributed by atoms with Gasteiger partial charge in [0.1, 0.15) is 11.5 Å². The second-order valence-corrected chi connectivity index (χ2v) is 5.96. The van der Waals surface area contributed by atoms with E-state index in [0.29, 0.717) is 17.9 Å². The van der Waals surface area contributed by atoms with Crippen molar-refractivity contribution >= 4 is 17.6 Å². The molecule has 0 saturated carbocycles. The Morgan fingerprint density at radius 1 is 0.852 bits per heavy atom. The fourth-order valence-corrected chi connectivity index (χ4v) is 2.62. The predicted molar refractivity (Wildman–Crippen MR) is 103 cm³/mol. The first kappa shape index (κ1) is 18.2. The summed E-state index contributed by atoms with van der Waals surface area (Å²) in [5.41, 5.74) is 1.28. The van der Waals surface area contributed by atoms with Gasteiger partial charge in [0.15, 0.2) is 0 Å². The van der Waals surface area contributed by atoms with Gasteiger partial charge in [0.25, 0.3) is 0 Å².